The zero-order valence-corrected chi connectivity index (χ0v) is 16.4. The number of hydrogen-bond donors (Lipinski definition) is 1. The monoisotopic (exact) mass is 409 g/mol. The van der Waals surface area contributed by atoms with E-state index in [1.165, 1.54) is 0 Å². The van der Waals surface area contributed by atoms with Gasteiger partial charge in [-0.3, -0.25) is 4.79 Å². The molecule has 3 aromatic carbocycles. The van der Waals surface area contributed by atoms with Gasteiger partial charge in [0.1, 0.15) is 5.82 Å². The zero-order chi connectivity index (χ0) is 19.5. The molecule has 0 aliphatic rings. The van der Waals surface area contributed by atoms with Gasteiger partial charge in [-0.15, -0.1) is 0 Å². The predicted octanol–water partition coefficient (Wildman–Crippen LogP) is 5.32. The summed E-state index contributed by atoms with van der Waals surface area (Å²) in [5, 5.41) is 4.04. The second-order valence-electron chi connectivity index (χ2n) is 6.36. The lowest BCUT2D eigenvalue weighted by atomic mass is 10.2. The molecule has 4 aromatic rings. The molecule has 6 heteroatoms. The predicted molar refractivity (Wildman–Crippen MR) is 113 cm³/mol. The van der Waals surface area contributed by atoms with Crippen LogP contribution in [0.25, 0.3) is 11.0 Å². The summed E-state index contributed by atoms with van der Waals surface area (Å²) >= 11 is 12.5. The number of para-hydroxylation sites is 2. The van der Waals surface area contributed by atoms with Gasteiger partial charge in [-0.05, 0) is 35.9 Å². The molecule has 0 saturated heterocycles. The molecule has 0 radical (unpaired) electrons. The molecule has 0 fully saturated rings. The lowest BCUT2D eigenvalue weighted by Gasteiger charge is -2.12. The lowest BCUT2D eigenvalue weighted by Crippen LogP contribution is -2.25. The largest absolute Gasteiger partial charge is 0.345 e. The van der Waals surface area contributed by atoms with Crippen molar-refractivity contribution in [2.45, 2.75) is 13.1 Å². The van der Waals surface area contributed by atoms with Crippen molar-refractivity contribution in [3.8, 4) is 0 Å². The molecule has 0 aliphatic carbocycles. The Kier molecular flexibility index (Phi) is 5.33. The van der Waals surface area contributed by atoms with Crippen molar-refractivity contribution in [2.75, 3.05) is 0 Å². The number of fused-ring (bicyclic) bond motifs is 1. The van der Waals surface area contributed by atoms with Crippen LogP contribution >= 0.6 is 23.2 Å². The van der Waals surface area contributed by atoms with E-state index < -0.39 is 0 Å². The van der Waals surface area contributed by atoms with Gasteiger partial charge in [-0.2, -0.15) is 0 Å². The maximum absolute atomic E-state index is 12.5. The highest BCUT2D eigenvalue weighted by molar-refractivity contribution is 6.33. The zero-order valence-electron chi connectivity index (χ0n) is 14.9. The van der Waals surface area contributed by atoms with E-state index >= 15 is 0 Å². The van der Waals surface area contributed by atoms with Gasteiger partial charge < -0.3 is 9.88 Å². The summed E-state index contributed by atoms with van der Waals surface area (Å²) in [5.41, 5.74) is 3.30. The third kappa shape index (κ3) is 3.75. The molecule has 1 heterocycles. The lowest BCUT2D eigenvalue weighted by molar-refractivity contribution is 0.0949. The van der Waals surface area contributed by atoms with Gasteiger partial charge in [0.2, 0.25) is 0 Å². The fourth-order valence-corrected chi connectivity index (χ4v) is 3.55. The molecule has 0 unspecified atom stereocenters. The summed E-state index contributed by atoms with van der Waals surface area (Å²) in [4.78, 5) is 17.2. The maximum Gasteiger partial charge on any atom is 0.253 e. The van der Waals surface area contributed by atoms with Crippen LogP contribution in [0.2, 0.25) is 10.0 Å². The van der Waals surface area contributed by atoms with Gasteiger partial charge in [0.25, 0.3) is 5.91 Å². The van der Waals surface area contributed by atoms with Crippen molar-refractivity contribution in [3.05, 3.63) is 99.8 Å². The fourth-order valence-electron chi connectivity index (χ4n) is 3.13. The number of rotatable bonds is 5. The highest BCUT2D eigenvalue weighted by Crippen LogP contribution is 2.22. The Balaban J connectivity index is 1.64. The van der Waals surface area contributed by atoms with Gasteiger partial charge in [0, 0.05) is 5.02 Å². The van der Waals surface area contributed by atoms with Crippen LogP contribution in [0.4, 0.5) is 0 Å². The number of nitrogens with zero attached hydrogens (tertiary/aromatic N) is 2. The van der Waals surface area contributed by atoms with E-state index in [1.807, 2.05) is 48.5 Å². The smallest absolute Gasteiger partial charge is 0.253 e. The molecule has 4 nitrogen and oxygen atoms in total. The molecule has 0 bridgehead atoms. The number of halogens is 2. The standard InChI is InChI=1S/C22H17Cl2N3O/c23-17-9-3-1-7-15(17)14-27-20-12-6-5-11-19(20)26-21(27)13-25-22(28)16-8-2-4-10-18(16)24/h1-12H,13-14H2,(H,25,28). The third-order valence-electron chi connectivity index (χ3n) is 4.55. The van der Waals surface area contributed by atoms with Crippen LogP contribution in [-0.2, 0) is 13.1 Å². The number of nitrogens with one attached hydrogen (secondary N) is 1. The van der Waals surface area contributed by atoms with E-state index in [-0.39, 0.29) is 12.5 Å². The molecule has 140 valence electrons. The first kappa shape index (κ1) is 18.5. The van der Waals surface area contributed by atoms with Crippen molar-refractivity contribution in [2.24, 2.45) is 0 Å². The van der Waals surface area contributed by atoms with E-state index in [0.29, 0.717) is 22.2 Å². The topological polar surface area (TPSA) is 46.9 Å². The average Bonchev–Trinajstić information content (AvgIpc) is 3.06. The molecule has 0 atom stereocenters. The van der Waals surface area contributed by atoms with Gasteiger partial charge in [0.15, 0.2) is 0 Å². The molecule has 0 aliphatic heterocycles. The van der Waals surface area contributed by atoms with Crippen molar-refractivity contribution in [1.82, 2.24) is 14.9 Å². The fraction of sp³-hybridized carbons (Fsp3) is 0.0909. The summed E-state index contributed by atoms with van der Waals surface area (Å²) < 4.78 is 2.07. The minimum atomic E-state index is -0.234. The maximum atomic E-state index is 12.5. The number of carbonyl (C=O) groups excluding carboxylic acids is 1. The van der Waals surface area contributed by atoms with E-state index in [2.05, 4.69) is 9.88 Å². The Morgan fingerprint density at radius 2 is 1.57 bits per heavy atom. The summed E-state index contributed by atoms with van der Waals surface area (Å²) in [6, 6.07) is 22.6. The molecule has 1 amide bonds. The number of carbonyl (C=O) groups is 1. The number of benzene rings is 3. The Labute approximate surface area is 172 Å². The summed E-state index contributed by atoms with van der Waals surface area (Å²) in [7, 11) is 0. The van der Waals surface area contributed by atoms with Gasteiger partial charge in [-0.1, -0.05) is 65.7 Å². The van der Waals surface area contributed by atoms with E-state index in [9.17, 15) is 4.79 Å². The van der Waals surface area contributed by atoms with Crippen LogP contribution in [0.3, 0.4) is 0 Å². The number of aromatic nitrogens is 2. The Hall–Kier alpha value is -2.82. The summed E-state index contributed by atoms with van der Waals surface area (Å²) in [6.07, 6.45) is 0. The Morgan fingerprint density at radius 3 is 2.36 bits per heavy atom. The average molecular weight is 410 g/mol. The molecular formula is C22H17Cl2N3O. The van der Waals surface area contributed by atoms with E-state index in [4.69, 9.17) is 28.2 Å². The Morgan fingerprint density at radius 1 is 0.893 bits per heavy atom. The van der Waals surface area contributed by atoms with Crippen LogP contribution in [-0.4, -0.2) is 15.5 Å². The minimum Gasteiger partial charge on any atom is -0.345 e. The van der Waals surface area contributed by atoms with Crippen molar-refractivity contribution >= 4 is 40.1 Å². The number of amides is 1. The molecule has 1 aromatic heterocycles. The molecular weight excluding hydrogens is 393 g/mol. The van der Waals surface area contributed by atoms with Crippen LogP contribution in [0.15, 0.2) is 72.8 Å². The Bertz CT molecular complexity index is 1150. The van der Waals surface area contributed by atoms with Gasteiger partial charge in [-0.25, -0.2) is 4.98 Å². The molecule has 28 heavy (non-hydrogen) atoms. The normalized spacial score (nSPS) is 10.9. The minimum absolute atomic E-state index is 0.234. The second kappa shape index (κ2) is 8.05. The summed E-state index contributed by atoms with van der Waals surface area (Å²) in [6.45, 7) is 0.848. The van der Waals surface area contributed by atoms with Crippen molar-refractivity contribution in [1.29, 1.82) is 0 Å². The van der Waals surface area contributed by atoms with E-state index in [0.717, 1.165) is 22.4 Å². The second-order valence-corrected chi connectivity index (χ2v) is 7.17. The molecule has 0 saturated carbocycles. The van der Waals surface area contributed by atoms with Crippen LogP contribution in [0.5, 0.6) is 0 Å². The first-order valence-corrected chi connectivity index (χ1v) is 9.59. The van der Waals surface area contributed by atoms with Crippen LogP contribution in [0, 0.1) is 0 Å². The SMILES string of the molecule is O=C(NCc1nc2ccccc2n1Cc1ccccc1Cl)c1ccccc1Cl. The quantitative estimate of drug-likeness (QED) is 0.484. The summed E-state index contributed by atoms with van der Waals surface area (Å²) in [5.74, 6) is 0.517. The van der Waals surface area contributed by atoms with Gasteiger partial charge in [0.05, 0.1) is 34.7 Å². The van der Waals surface area contributed by atoms with Crippen LogP contribution in [0.1, 0.15) is 21.7 Å². The highest BCUT2D eigenvalue weighted by atomic mass is 35.5. The van der Waals surface area contributed by atoms with Crippen molar-refractivity contribution < 1.29 is 4.79 Å². The number of imidazole rings is 1. The first-order valence-electron chi connectivity index (χ1n) is 8.84. The number of hydrogen-bond acceptors (Lipinski definition) is 2. The third-order valence-corrected chi connectivity index (χ3v) is 5.24. The molecule has 0 spiro atoms. The van der Waals surface area contributed by atoms with Gasteiger partial charge >= 0.3 is 0 Å². The van der Waals surface area contributed by atoms with Crippen LogP contribution < -0.4 is 5.32 Å². The van der Waals surface area contributed by atoms with E-state index in [1.54, 1.807) is 24.3 Å². The molecule has 1 N–H and O–H groups in total. The van der Waals surface area contributed by atoms with Crippen molar-refractivity contribution in [3.63, 3.8) is 0 Å². The first-order chi connectivity index (χ1) is 13.6. The molecule has 4 rings (SSSR count). The highest BCUT2D eigenvalue weighted by Gasteiger charge is 2.15.